The first-order valence-corrected chi connectivity index (χ1v) is 12.1. The van der Waals surface area contributed by atoms with Crippen molar-refractivity contribution >= 4 is 23.5 Å². The van der Waals surface area contributed by atoms with E-state index in [-0.39, 0.29) is 35.6 Å². The number of rotatable bonds is 7. The molecule has 3 aromatic rings. The lowest BCUT2D eigenvalue weighted by atomic mass is 10.0. The summed E-state index contributed by atoms with van der Waals surface area (Å²) in [5, 5.41) is 16.2. The van der Waals surface area contributed by atoms with Crippen LogP contribution >= 0.6 is 0 Å². The van der Waals surface area contributed by atoms with E-state index in [9.17, 15) is 19.1 Å². The number of hydrogen-bond donors (Lipinski definition) is 2. The molecule has 0 spiro atoms. The number of alkyl carbamates (subject to hydrolysis) is 1. The topological polar surface area (TPSA) is 131 Å². The molecule has 0 aromatic carbocycles. The highest BCUT2D eigenvalue weighted by Gasteiger charge is 2.54. The molecule has 1 amide bonds. The maximum atomic E-state index is 14.4. The van der Waals surface area contributed by atoms with Crippen LogP contribution in [0.1, 0.15) is 56.1 Å². The molecule has 0 unspecified atom stereocenters. The maximum Gasteiger partial charge on any atom is 0.407 e. The quantitative estimate of drug-likeness (QED) is 0.489. The van der Waals surface area contributed by atoms with Gasteiger partial charge in [0.05, 0.1) is 25.0 Å². The average molecular weight is 513 g/mol. The van der Waals surface area contributed by atoms with Gasteiger partial charge in [-0.3, -0.25) is 0 Å². The zero-order chi connectivity index (χ0) is 26.5. The third-order valence-electron chi connectivity index (χ3n) is 6.44. The third-order valence-corrected chi connectivity index (χ3v) is 6.44. The minimum Gasteiger partial charge on any atom is -0.477 e. The van der Waals surface area contributed by atoms with Crippen LogP contribution in [0.5, 0.6) is 5.88 Å². The molecule has 1 saturated heterocycles. The maximum absolute atomic E-state index is 14.4. The fraction of sp³-hybridized carbons (Fsp3) is 0.480. The largest absolute Gasteiger partial charge is 0.477 e. The molecule has 2 aliphatic rings. The number of halogens is 1. The summed E-state index contributed by atoms with van der Waals surface area (Å²) in [6, 6.07) is 2.94. The van der Waals surface area contributed by atoms with Gasteiger partial charge in [0.2, 0.25) is 5.88 Å². The number of ether oxygens (including phenoxy) is 2. The fourth-order valence-electron chi connectivity index (χ4n) is 4.80. The Labute approximate surface area is 212 Å². The van der Waals surface area contributed by atoms with Crippen molar-refractivity contribution in [1.82, 2.24) is 24.9 Å². The SMILES string of the molecule is C[C@@H](CNC(=O)OC(C)(C)C)Oc1ncc(F)cc1[C@H]1[C@@H]2C[C@@H]2CN1c1ccn2ncc(C(=O)O)c2n1. The van der Waals surface area contributed by atoms with Crippen LogP contribution in [-0.2, 0) is 4.74 Å². The summed E-state index contributed by atoms with van der Waals surface area (Å²) in [6.07, 6.45) is 4.00. The van der Waals surface area contributed by atoms with Gasteiger partial charge in [-0.05, 0) is 58.1 Å². The van der Waals surface area contributed by atoms with Crippen LogP contribution in [0.4, 0.5) is 15.0 Å². The molecular weight excluding hydrogens is 483 g/mol. The van der Waals surface area contributed by atoms with Crippen molar-refractivity contribution in [3.05, 3.63) is 47.7 Å². The molecule has 12 heteroatoms. The van der Waals surface area contributed by atoms with E-state index < -0.39 is 29.6 Å². The van der Waals surface area contributed by atoms with Gasteiger partial charge in [0.15, 0.2) is 5.65 Å². The van der Waals surface area contributed by atoms with E-state index in [2.05, 4.69) is 20.4 Å². The Bertz CT molecular complexity index is 1360. The van der Waals surface area contributed by atoms with Crippen LogP contribution in [-0.4, -0.2) is 61.5 Å². The second kappa shape index (κ2) is 9.16. The number of carboxylic acids is 1. The number of carbonyl (C=O) groups excluding carboxylic acids is 1. The Hall–Kier alpha value is -3.96. The molecule has 196 valence electrons. The van der Waals surface area contributed by atoms with Gasteiger partial charge in [0.1, 0.15) is 28.9 Å². The molecule has 1 aliphatic carbocycles. The second-order valence-electron chi connectivity index (χ2n) is 10.5. The van der Waals surface area contributed by atoms with Crippen molar-refractivity contribution in [2.75, 3.05) is 18.0 Å². The molecule has 0 radical (unpaired) electrons. The third kappa shape index (κ3) is 5.13. The van der Waals surface area contributed by atoms with E-state index in [1.165, 1.54) is 16.8 Å². The van der Waals surface area contributed by atoms with Crippen LogP contribution in [0.25, 0.3) is 5.65 Å². The second-order valence-corrected chi connectivity index (χ2v) is 10.5. The standard InChI is InChI=1S/C25H29FN6O5/c1-13(9-28-24(35)37-25(2,3)4)36-22-17(8-15(26)10-27-22)20-16-7-14(16)12-31(20)19-5-6-32-21(30-19)18(11-29-32)23(33)34/h5-6,8,10-11,13-14,16,20H,7,9,12H2,1-4H3,(H,28,35)(H,33,34)/t13-,14+,16+,20+/m0/s1. The number of carbonyl (C=O) groups is 2. The molecule has 1 aliphatic heterocycles. The number of pyridine rings is 1. The van der Waals surface area contributed by atoms with Gasteiger partial charge in [0, 0.05) is 18.3 Å². The number of nitrogens with zero attached hydrogens (tertiary/aromatic N) is 5. The van der Waals surface area contributed by atoms with Gasteiger partial charge >= 0.3 is 12.1 Å². The number of carboxylic acid groups (broad SMARTS) is 1. The van der Waals surface area contributed by atoms with Crippen molar-refractivity contribution in [1.29, 1.82) is 0 Å². The van der Waals surface area contributed by atoms with Crippen molar-refractivity contribution in [3.8, 4) is 5.88 Å². The van der Waals surface area contributed by atoms with Crippen LogP contribution in [0.3, 0.4) is 0 Å². The zero-order valence-electron chi connectivity index (χ0n) is 21.0. The molecule has 2 fully saturated rings. The van der Waals surface area contributed by atoms with E-state index in [4.69, 9.17) is 9.47 Å². The summed E-state index contributed by atoms with van der Waals surface area (Å²) in [6.45, 7) is 7.98. The lowest BCUT2D eigenvalue weighted by Crippen LogP contribution is -2.38. The molecule has 0 bridgehead atoms. The first-order valence-electron chi connectivity index (χ1n) is 12.1. The minimum absolute atomic E-state index is 0.00510. The van der Waals surface area contributed by atoms with E-state index in [0.29, 0.717) is 23.8 Å². The summed E-state index contributed by atoms with van der Waals surface area (Å²) >= 11 is 0. The smallest absolute Gasteiger partial charge is 0.407 e. The van der Waals surface area contributed by atoms with Crippen LogP contribution in [0, 0.1) is 17.7 Å². The Morgan fingerprint density at radius 1 is 1.32 bits per heavy atom. The highest BCUT2D eigenvalue weighted by atomic mass is 19.1. The highest BCUT2D eigenvalue weighted by Crippen LogP contribution is 2.58. The van der Waals surface area contributed by atoms with Gasteiger partial charge < -0.3 is 24.8 Å². The number of aromatic nitrogens is 4. The van der Waals surface area contributed by atoms with E-state index in [1.54, 1.807) is 40.0 Å². The number of hydrogen-bond acceptors (Lipinski definition) is 8. The summed E-state index contributed by atoms with van der Waals surface area (Å²) in [5.41, 5.74) is 0.208. The van der Waals surface area contributed by atoms with Gasteiger partial charge in [-0.25, -0.2) is 28.5 Å². The van der Waals surface area contributed by atoms with Crippen molar-refractivity contribution < 1.29 is 28.6 Å². The lowest BCUT2D eigenvalue weighted by Gasteiger charge is -2.30. The number of amides is 1. The molecule has 3 aromatic heterocycles. The van der Waals surface area contributed by atoms with E-state index in [1.807, 2.05) is 4.90 Å². The number of piperidine rings is 1. The Morgan fingerprint density at radius 3 is 2.84 bits per heavy atom. The molecule has 5 rings (SSSR count). The predicted molar refractivity (Wildman–Crippen MR) is 130 cm³/mol. The van der Waals surface area contributed by atoms with Crippen molar-refractivity contribution in [3.63, 3.8) is 0 Å². The number of aromatic carboxylic acids is 1. The van der Waals surface area contributed by atoms with Crippen LogP contribution in [0.15, 0.2) is 30.7 Å². The molecule has 11 nitrogen and oxygen atoms in total. The Morgan fingerprint density at radius 2 is 2.11 bits per heavy atom. The number of anilines is 1. The monoisotopic (exact) mass is 512 g/mol. The molecule has 1 saturated carbocycles. The lowest BCUT2D eigenvalue weighted by molar-refractivity contribution is 0.0503. The molecule has 4 atom stereocenters. The van der Waals surface area contributed by atoms with Crippen LogP contribution in [0.2, 0.25) is 0 Å². The van der Waals surface area contributed by atoms with E-state index in [0.717, 1.165) is 12.6 Å². The zero-order valence-corrected chi connectivity index (χ0v) is 21.0. The number of fused-ring (bicyclic) bond motifs is 2. The average Bonchev–Trinajstić information content (AvgIpc) is 3.28. The van der Waals surface area contributed by atoms with Gasteiger partial charge in [-0.15, -0.1) is 0 Å². The van der Waals surface area contributed by atoms with Crippen LogP contribution < -0.4 is 15.0 Å². The van der Waals surface area contributed by atoms with E-state index >= 15 is 0 Å². The fourth-order valence-corrected chi connectivity index (χ4v) is 4.80. The Balaban J connectivity index is 1.39. The molecule has 2 N–H and O–H groups in total. The summed E-state index contributed by atoms with van der Waals surface area (Å²) < 4.78 is 27.2. The highest BCUT2D eigenvalue weighted by molar-refractivity contribution is 5.94. The summed E-state index contributed by atoms with van der Waals surface area (Å²) in [7, 11) is 0. The summed E-state index contributed by atoms with van der Waals surface area (Å²) in [5.74, 6) is -0.0725. The first-order chi connectivity index (χ1) is 17.5. The van der Waals surface area contributed by atoms with Crippen molar-refractivity contribution in [2.45, 2.75) is 51.9 Å². The minimum atomic E-state index is -1.11. The van der Waals surface area contributed by atoms with Gasteiger partial charge in [-0.1, -0.05) is 0 Å². The van der Waals surface area contributed by atoms with Crippen molar-refractivity contribution in [2.24, 2.45) is 11.8 Å². The first kappa shape index (κ1) is 24.7. The molecular formula is C25H29FN6O5. The Kier molecular flexibility index (Phi) is 6.12. The predicted octanol–water partition coefficient (Wildman–Crippen LogP) is 3.45. The molecule has 4 heterocycles. The normalized spacial score (nSPS) is 21.4. The van der Waals surface area contributed by atoms with Gasteiger partial charge in [0.25, 0.3) is 0 Å². The summed E-state index contributed by atoms with van der Waals surface area (Å²) in [4.78, 5) is 34.5. The molecule has 37 heavy (non-hydrogen) atoms. The number of nitrogens with one attached hydrogen (secondary N) is 1. The van der Waals surface area contributed by atoms with Gasteiger partial charge in [-0.2, -0.15) is 5.10 Å².